The predicted octanol–water partition coefficient (Wildman–Crippen LogP) is 6.92. The minimum atomic E-state index is -2.39. The predicted molar refractivity (Wildman–Crippen MR) is 113 cm³/mol. The Morgan fingerprint density at radius 2 is 1.63 bits per heavy atom. The molecule has 0 aliphatic rings. The van der Waals surface area contributed by atoms with Crippen LogP contribution in [0.5, 0.6) is 11.5 Å². The maximum Gasteiger partial charge on any atom is 0.310 e. The number of halogens is 2. The van der Waals surface area contributed by atoms with Crippen molar-refractivity contribution in [1.29, 1.82) is 0 Å². The van der Waals surface area contributed by atoms with E-state index in [1.165, 1.54) is 0 Å². The maximum atomic E-state index is 12.6. The molecule has 0 heterocycles. The second kappa shape index (κ2) is 10.0. The minimum Gasteiger partial charge on any atom is -0.481 e. The van der Waals surface area contributed by atoms with Gasteiger partial charge in [0.2, 0.25) is 6.43 Å². The lowest BCUT2D eigenvalue weighted by Crippen LogP contribution is -2.11. The molecule has 0 saturated carbocycles. The van der Waals surface area contributed by atoms with Crippen LogP contribution in [0.15, 0.2) is 72.8 Å². The molecule has 30 heavy (non-hydrogen) atoms. The van der Waals surface area contributed by atoms with Crippen molar-refractivity contribution in [2.45, 2.75) is 38.5 Å². The number of hydrogen-bond donors (Lipinski definition) is 1. The average molecular weight is 410 g/mol. The molecule has 3 aromatic rings. The van der Waals surface area contributed by atoms with E-state index in [0.717, 1.165) is 17.5 Å². The number of carboxylic acid groups (broad SMARTS) is 1. The Bertz CT molecular complexity index is 969. The molecule has 1 atom stereocenters. The average Bonchev–Trinajstić information content (AvgIpc) is 2.72. The van der Waals surface area contributed by atoms with E-state index in [1.54, 1.807) is 30.3 Å². The number of carboxylic acids is 1. The topological polar surface area (TPSA) is 46.5 Å². The van der Waals surface area contributed by atoms with E-state index in [0.29, 0.717) is 29.0 Å². The Balaban J connectivity index is 2.01. The third kappa shape index (κ3) is 5.66. The molecular formula is C25H24F2O3. The highest BCUT2D eigenvalue weighted by Crippen LogP contribution is 2.34. The maximum absolute atomic E-state index is 12.6. The van der Waals surface area contributed by atoms with Crippen LogP contribution in [0.4, 0.5) is 8.78 Å². The molecule has 0 aliphatic heterocycles. The first kappa shape index (κ1) is 21.5. The van der Waals surface area contributed by atoms with Crippen LogP contribution in [0.25, 0.3) is 11.1 Å². The lowest BCUT2D eigenvalue weighted by molar-refractivity contribution is -0.139. The van der Waals surface area contributed by atoms with Crippen molar-refractivity contribution in [3.63, 3.8) is 0 Å². The van der Waals surface area contributed by atoms with Gasteiger partial charge < -0.3 is 9.84 Å². The molecule has 3 rings (SSSR count). The normalized spacial score (nSPS) is 12.0. The summed E-state index contributed by atoms with van der Waals surface area (Å²) >= 11 is 0. The van der Waals surface area contributed by atoms with Gasteiger partial charge >= 0.3 is 5.97 Å². The van der Waals surface area contributed by atoms with Crippen LogP contribution in [0.2, 0.25) is 0 Å². The fourth-order valence-corrected chi connectivity index (χ4v) is 3.41. The van der Waals surface area contributed by atoms with Crippen molar-refractivity contribution >= 4 is 5.97 Å². The summed E-state index contributed by atoms with van der Waals surface area (Å²) in [6.07, 6.45) is -1.44. The van der Waals surface area contributed by atoms with Crippen molar-refractivity contribution in [3.8, 4) is 22.6 Å². The van der Waals surface area contributed by atoms with Crippen molar-refractivity contribution < 1.29 is 23.4 Å². The number of para-hydroxylation sites is 1. The fraction of sp³-hybridized carbons (Fsp3) is 0.240. The second-order valence-corrected chi connectivity index (χ2v) is 7.18. The number of carbonyl (C=O) groups is 1. The Labute approximate surface area is 175 Å². The molecule has 5 heteroatoms. The third-order valence-electron chi connectivity index (χ3n) is 4.86. The van der Waals surface area contributed by atoms with E-state index in [9.17, 15) is 18.7 Å². The lowest BCUT2D eigenvalue weighted by atomic mass is 9.91. The summed E-state index contributed by atoms with van der Waals surface area (Å²) in [5, 5.41) is 9.71. The van der Waals surface area contributed by atoms with E-state index < -0.39 is 18.3 Å². The van der Waals surface area contributed by atoms with E-state index in [-0.39, 0.29) is 6.42 Å². The summed E-state index contributed by atoms with van der Waals surface area (Å²) in [7, 11) is 0. The van der Waals surface area contributed by atoms with Gasteiger partial charge in [0.25, 0.3) is 0 Å². The van der Waals surface area contributed by atoms with Gasteiger partial charge in [-0.1, -0.05) is 61.9 Å². The summed E-state index contributed by atoms with van der Waals surface area (Å²) in [4.78, 5) is 11.8. The van der Waals surface area contributed by atoms with E-state index in [1.807, 2.05) is 49.4 Å². The number of rotatable bonds is 9. The molecule has 0 spiro atoms. The number of hydrogen-bond acceptors (Lipinski definition) is 2. The minimum absolute atomic E-state index is 0.291. The van der Waals surface area contributed by atoms with Gasteiger partial charge in [0.05, 0.1) is 5.92 Å². The summed E-state index contributed by atoms with van der Waals surface area (Å²) in [6.45, 7) is 1.95. The first-order valence-electron chi connectivity index (χ1n) is 9.94. The molecule has 0 aromatic heterocycles. The van der Waals surface area contributed by atoms with Crippen LogP contribution in [0.3, 0.4) is 0 Å². The lowest BCUT2D eigenvalue weighted by Gasteiger charge is -2.16. The van der Waals surface area contributed by atoms with Crippen molar-refractivity contribution in [2.24, 2.45) is 0 Å². The largest absolute Gasteiger partial charge is 0.481 e. The molecule has 0 aliphatic carbocycles. The zero-order valence-corrected chi connectivity index (χ0v) is 16.7. The molecule has 156 valence electrons. The number of aliphatic carboxylic acids is 1. The zero-order valence-electron chi connectivity index (χ0n) is 16.7. The van der Waals surface area contributed by atoms with Crippen LogP contribution in [-0.4, -0.2) is 17.5 Å². The first-order valence-corrected chi connectivity index (χ1v) is 9.94. The number of benzene rings is 3. The highest BCUT2D eigenvalue weighted by atomic mass is 19.3. The zero-order chi connectivity index (χ0) is 21.5. The van der Waals surface area contributed by atoms with Gasteiger partial charge in [-0.3, -0.25) is 4.79 Å². The molecular weight excluding hydrogens is 386 g/mol. The summed E-state index contributed by atoms with van der Waals surface area (Å²) in [6, 6.07) is 21.6. The van der Waals surface area contributed by atoms with Gasteiger partial charge in [-0.25, -0.2) is 8.78 Å². The highest BCUT2D eigenvalue weighted by Gasteiger charge is 2.21. The van der Waals surface area contributed by atoms with Crippen LogP contribution >= 0.6 is 0 Å². The molecule has 1 N–H and O–H groups in total. The van der Waals surface area contributed by atoms with Gasteiger partial charge in [0.15, 0.2) is 0 Å². The molecule has 0 radical (unpaired) electrons. The van der Waals surface area contributed by atoms with Crippen LogP contribution in [0, 0.1) is 0 Å². The second-order valence-electron chi connectivity index (χ2n) is 7.18. The summed E-state index contributed by atoms with van der Waals surface area (Å²) in [5.41, 5.74) is 2.81. The molecule has 0 saturated heterocycles. The first-order chi connectivity index (χ1) is 14.5. The number of alkyl halides is 2. The quantitative estimate of drug-likeness (QED) is 0.416. The Morgan fingerprint density at radius 1 is 0.933 bits per heavy atom. The van der Waals surface area contributed by atoms with E-state index in [4.69, 9.17) is 4.74 Å². The van der Waals surface area contributed by atoms with E-state index >= 15 is 0 Å². The van der Waals surface area contributed by atoms with Crippen molar-refractivity contribution in [3.05, 3.63) is 83.9 Å². The van der Waals surface area contributed by atoms with Crippen LogP contribution < -0.4 is 4.74 Å². The van der Waals surface area contributed by atoms with Gasteiger partial charge in [0, 0.05) is 6.42 Å². The number of ether oxygens (including phenoxy) is 1. The summed E-state index contributed by atoms with van der Waals surface area (Å²) in [5.74, 6) is -0.346. The summed E-state index contributed by atoms with van der Waals surface area (Å²) < 4.78 is 31.2. The van der Waals surface area contributed by atoms with E-state index in [2.05, 4.69) is 0 Å². The fourth-order valence-electron chi connectivity index (χ4n) is 3.41. The Morgan fingerprint density at radius 3 is 2.23 bits per heavy atom. The molecule has 0 amide bonds. The van der Waals surface area contributed by atoms with Gasteiger partial charge in [0.1, 0.15) is 11.5 Å². The van der Waals surface area contributed by atoms with Crippen LogP contribution in [-0.2, 0) is 11.2 Å². The standard InChI is InChI=1S/C25H24F2O3/c1-2-6-23(25(28)29)20-14-19(18-11-9-17(10-12-18)13-24(26)27)15-22(16-20)30-21-7-4-3-5-8-21/h3-5,7-12,14-16,23-24H,2,6,13H2,1H3,(H,28,29). The molecule has 3 aromatic carbocycles. The molecule has 1 unspecified atom stereocenters. The van der Waals surface area contributed by atoms with Crippen molar-refractivity contribution in [2.75, 3.05) is 0 Å². The Kier molecular flexibility index (Phi) is 7.17. The SMILES string of the molecule is CCCC(C(=O)O)c1cc(Oc2ccccc2)cc(-c2ccc(CC(F)F)cc2)c1. The Hall–Kier alpha value is -3.21. The van der Waals surface area contributed by atoms with Gasteiger partial charge in [-0.2, -0.15) is 0 Å². The van der Waals surface area contributed by atoms with Crippen LogP contribution in [0.1, 0.15) is 36.8 Å². The van der Waals surface area contributed by atoms with Gasteiger partial charge in [-0.05, 0) is 52.9 Å². The third-order valence-corrected chi connectivity index (χ3v) is 4.86. The molecule has 0 fully saturated rings. The highest BCUT2D eigenvalue weighted by molar-refractivity contribution is 5.78. The smallest absolute Gasteiger partial charge is 0.310 e. The van der Waals surface area contributed by atoms with Crippen molar-refractivity contribution in [1.82, 2.24) is 0 Å². The molecule has 3 nitrogen and oxygen atoms in total. The molecule has 0 bridgehead atoms. The monoisotopic (exact) mass is 410 g/mol. The van der Waals surface area contributed by atoms with Gasteiger partial charge in [-0.15, -0.1) is 0 Å².